The molecule has 23 heavy (non-hydrogen) atoms. The van der Waals surface area contributed by atoms with Crippen molar-refractivity contribution in [1.82, 2.24) is 0 Å². The van der Waals surface area contributed by atoms with Crippen LogP contribution in [0, 0.1) is 0 Å². The maximum atomic E-state index is 12.2. The maximum absolute atomic E-state index is 12.2. The van der Waals surface area contributed by atoms with E-state index in [0.29, 0.717) is 13.0 Å². The van der Waals surface area contributed by atoms with E-state index in [1.54, 1.807) is 13.0 Å². The predicted octanol–water partition coefficient (Wildman–Crippen LogP) is 4.03. The van der Waals surface area contributed by atoms with Crippen molar-refractivity contribution in [3.63, 3.8) is 0 Å². The first kappa shape index (κ1) is 16.7. The number of benzene rings is 2. The van der Waals surface area contributed by atoms with E-state index in [1.165, 1.54) is 0 Å². The molecule has 2 rings (SSSR count). The summed E-state index contributed by atoms with van der Waals surface area (Å²) in [5, 5.41) is 0. The Labute approximate surface area is 137 Å². The molecule has 3 heteroatoms. The molecule has 0 saturated heterocycles. The van der Waals surface area contributed by atoms with E-state index >= 15 is 0 Å². The van der Waals surface area contributed by atoms with Gasteiger partial charge in [0.1, 0.15) is 0 Å². The molecule has 0 aliphatic carbocycles. The number of aliphatic imine (C=N–C) groups is 1. The van der Waals surface area contributed by atoms with Gasteiger partial charge in [0.2, 0.25) is 0 Å². The van der Waals surface area contributed by atoms with E-state index in [0.717, 1.165) is 16.8 Å². The molecule has 0 amide bonds. The first-order valence-corrected chi connectivity index (χ1v) is 7.72. The highest BCUT2D eigenvalue weighted by molar-refractivity contribution is 6.13. The van der Waals surface area contributed by atoms with Gasteiger partial charge in [0.25, 0.3) is 0 Å². The number of hydrogen-bond donors (Lipinski definition) is 0. The molecule has 0 aliphatic heterocycles. The Morgan fingerprint density at radius 1 is 1.09 bits per heavy atom. The third-order valence-electron chi connectivity index (χ3n) is 3.33. The smallest absolute Gasteiger partial charge is 0.331 e. The van der Waals surface area contributed by atoms with Crippen molar-refractivity contribution in [2.24, 2.45) is 4.99 Å². The zero-order chi connectivity index (χ0) is 16.5. The normalized spacial score (nSPS) is 11.3. The Morgan fingerprint density at radius 2 is 1.61 bits per heavy atom. The van der Waals surface area contributed by atoms with Gasteiger partial charge in [0.15, 0.2) is 6.04 Å². The van der Waals surface area contributed by atoms with E-state index in [4.69, 9.17) is 9.73 Å². The van der Waals surface area contributed by atoms with Crippen molar-refractivity contribution >= 4 is 11.7 Å². The van der Waals surface area contributed by atoms with Gasteiger partial charge in [-0.25, -0.2) is 4.79 Å². The van der Waals surface area contributed by atoms with E-state index in [9.17, 15) is 4.79 Å². The van der Waals surface area contributed by atoms with Crippen molar-refractivity contribution < 1.29 is 9.53 Å². The van der Waals surface area contributed by atoms with Gasteiger partial charge < -0.3 is 4.74 Å². The second-order valence-electron chi connectivity index (χ2n) is 5.00. The molecule has 0 radical (unpaired) electrons. The predicted molar refractivity (Wildman–Crippen MR) is 93.8 cm³/mol. The van der Waals surface area contributed by atoms with Gasteiger partial charge in [-0.15, -0.1) is 6.58 Å². The van der Waals surface area contributed by atoms with Crippen molar-refractivity contribution in [3.8, 4) is 0 Å². The van der Waals surface area contributed by atoms with Crippen LogP contribution in [0.15, 0.2) is 78.3 Å². The largest absolute Gasteiger partial charge is 0.464 e. The average Bonchev–Trinajstić information content (AvgIpc) is 2.60. The molecule has 2 aromatic rings. The summed E-state index contributed by atoms with van der Waals surface area (Å²) < 4.78 is 5.14. The molecule has 0 spiro atoms. The quantitative estimate of drug-likeness (QED) is 0.440. The molecule has 0 aromatic heterocycles. The third kappa shape index (κ3) is 4.65. The molecule has 2 aromatic carbocycles. The van der Waals surface area contributed by atoms with Crippen LogP contribution in [-0.4, -0.2) is 24.3 Å². The van der Waals surface area contributed by atoms with E-state index in [1.807, 2.05) is 60.7 Å². The zero-order valence-electron chi connectivity index (χ0n) is 13.3. The Balaban J connectivity index is 2.47. The monoisotopic (exact) mass is 307 g/mol. The molecule has 0 bridgehead atoms. The summed E-state index contributed by atoms with van der Waals surface area (Å²) in [6.45, 7) is 5.85. The average molecular weight is 307 g/mol. The molecule has 0 N–H and O–H groups in total. The van der Waals surface area contributed by atoms with Crippen LogP contribution < -0.4 is 0 Å². The highest BCUT2D eigenvalue weighted by Crippen LogP contribution is 2.14. The molecule has 3 nitrogen and oxygen atoms in total. The number of rotatable bonds is 7. The van der Waals surface area contributed by atoms with Crippen LogP contribution in [0.5, 0.6) is 0 Å². The fourth-order valence-electron chi connectivity index (χ4n) is 2.26. The zero-order valence-corrected chi connectivity index (χ0v) is 13.3. The van der Waals surface area contributed by atoms with Crippen molar-refractivity contribution in [1.29, 1.82) is 0 Å². The minimum atomic E-state index is -0.581. The first-order chi connectivity index (χ1) is 11.3. The third-order valence-corrected chi connectivity index (χ3v) is 3.33. The summed E-state index contributed by atoms with van der Waals surface area (Å²) >= 11 is 0. The fourth-order valence-corrected chi connectivity index (χ4v) is 2.26. The molecule has 0 fully saturated rings. The van der Waals surface area contributed by atoms with E-state index in [-0.39, 0.29) is 5.97 Å². The summed E-state index contributed by atoms with van der Waals surface area (Å²) in [6, 6.07) is 19.1. The Kier molecular flexibility index (Phi) is 6.30. The lowest BCUT2D eigenvalue weighted by molar-refractivity contribution is -0.144. The number of carbonyl (C=O) groups is 1. The number of carbonyl (C=O) groups excluding carboxylic acids is 1. The highest BCUT2D eigenvalue weighted by atomic mass is 16.5. The molecule has 0 saturated carbocycles. The second kappa shape index (κ2) is 8.69. The molecule has 1 atom stereocenters. The fraction of sp³-hybridized carbons (Fsp3) is 0.200. The summed E-state index contributed by atoms with van der Waals surface area (Å²) in [4.78, 5) is 16.8. The summed E-state index contributed by atoms with van der Waals surface area (Å²) in [5.74, 6) is -0.322. The Bertz CT molecular complexity index is 621. The summed E-state index contributed by atoms with van der Waals surface area (Å²) in [7, 11) is 0. The Morgan fingerprint density at radius 3 is 2.04 bits per heavy atom. The van der Waals surface area contributed by atoms with E-state index in [2.05, 4.69) is 6.58 Å². The van der Waals surface area contributed by atoms with Gasteiger partial charge in [-0.3, -0.25) is 4.99 Å². The van der Waals surface area contributed by atoms with Crippen LogP contribution in [-0.2, 0) is 9.53 Å². The number of hydrogen-bond acceptors (Lipinski definition) is 3. The summed E-state index contributed by atoms with van der Waals surface area (Å²) in [6.07, 6.45) is 2.14. The molecular formula is C20H21NO2. The lowest BCUT2D eigenvalue weighted by Gasteiger charge is -2.13. The molecule has 0 heterocycles. The standard InChI is InChI=1S/C20H21NO2/c1-3-11-18(20(22)23-4-2)21-19(16-12-7-5-8-13-16)17-14-9-6-10-15-17/h3,5-10,12-15,18H,1,4,11H2,2H3/t18-/m1/s1. The minimum absolute atomic E-state index is 0.322. The highest BCUT2D eigenvalue weighted by Gasteiger charge is 2.19. The topological polar surface area (TPSA) is 38.7 Å². The number of esters is 1. The minimum Gasteiger partial charge on any atom is -0.464 e. The molecule has 118 valence electrons. The first-order valence-electron chi connectivity index (χ1n) is 7.72. The van der Waals surface area contributed by atoms with E-state index < -0.39 is 6.04 Å². The molecule has 0 unspecified atom stereocenters. The maximum Gasteiger partial charge on any atom is 0.331 e. The molecular weight excluding hydrogens is 286 g/mol. The lowest BCUT2D eigenvalue weighted by Crippen LogP contribution is -2.23. The summed E-state index contributed by atoms with van der Waals surface area (Å²) in [5.41, 5.74) is 2.72. The van der Waals surface area contributed by atoms with Crippen LogP contribution in [0.1, 0.15) is 24.5 Å². The van der Waals surface area contributed by atoms with Gasteiger partial charge >= 0.3 is 5.97 Å². The van der Waals surface area contributed by atoms with Crippen LogP contribution in [0.25, 0.3) is 0 Å². The Hall–Kier alpha value is -2.68. The van der Waals surface area contributed by atoms with Crippen LogP contribution in [0.4, 0.5) is 0 Å². The van der Waals surface area contributed by atoms with Gasteiger partial charge in [-0.2, -0.15) is 0 Å². The number of nitrogens with zero attached hydrogens (tertiary/aromatic N) is 1. The van der Waals surface area contributed by atoms with Gasteiger partial charge in [0.05, 0.1) is 12.3 Å². The van der Waals surface area contributed by atoms with Gasteiger partial charge in [-0.05, 0) is 13.3 Å². The molecule has 0 aliphatic rings. The second-order valence-corrected chi connectivity index (χ2v) is 5.00. The lowest BCUT2D eigenvalue weighted by atomic mass is 10.0. The van der Waals surface area contributed by atoms with Gasteiger partial charge in [0, 0.05) is 11.1 Å². The number of ether oxygens (including phenoxy) is 1. The van der Waals surface area contributed by atoms with Crippen LogP contribution in [0.3, 0.4) is 0 Å². The van der Waals surface area contributed by atoms with Crippen LogP contribution >= 0.6 is 0 Å². The van der Waals surface area contributed by atoms with Crippen molar-refractivity contribution in [2.45, 2.75) is 19.4 Å². The van der Waals surface area contributed by atoms with Crippen LogP contribution in [0.2, 0.25) is 0 Å². The SMILES string of the molecule is C=CC[C@@H](N=C(c1ccccc1)c1ccccc1)C(=O)OCC. The van der Waals surface area contributed by atoms with Crippen molar-refractivity contribution in [2.75, 3.05) is 6.61 Å². The van der Waals surface area contributed by atoms with Crippen molar-refractivity contribution in [3.05, 3.63) is 84.4 Å². The van der Waals surface area contributed by atoms with Gasteiger partial charge in [-0.1, -0.05) is 66.7 Å².